The van der Waals surface area contributed by atoms with Gasteiger partial charge in [-0.25, -0.2) is 0 Å². The summed E-state index contributed by atoms with van der Waals surface area (Å²) in [5.41, 5.74) is 0. The zero-order chi connectivity index (χ0) is 8.84. The van der Waals surface area contributed by atoms with Crippen LogP contribution in [0.1, 0.15) is 25.7 Å². The summed E-state index contributed by atoms with van der Waals surface area (Å²) in [6.45, 7) is 0. The lowest BCUT2D eigenvalue weighted by Gasteiger charge is -2.31. The lowest BCUT2D eigenvalue weighted by molar-refractivity contribution is 0.0660. The molecule has 3 rings (SSSR count). The van der Waals surface area contributed by atoms with E-state index in [1.165, 1.54) is 25.7 Å². The maximum atomic E-state index is 5.63. The summed E-state index contributed by atoms with van der Waals surface area (Å²) in [4.78, 5) is 0. The van der Waals surface area contributed by atoms with Crippen molar-refractivity contribution in [3.8, 4) is 0 Å². The van der Waals surface area contributed by atoms with Crippen LogP contribution in [0.4, 0.5) is 0 Å². The Hall–Kier alpha value is -0.300. The Labute approximate surface area is 80.2 Å². The summed E-state index contributed by atoms with van der Waals surface area (Å²) >= 11 is 0. The third-order valence-corrected chi connectivity index (χ3v) is 4.45. The van der Waals surface area contributed by atoms with Crippen LogP contribution in [0.3, 0.4) is 0 Å². The van der Waals surface area contributed by atoms with Gasteiger partial charge in [-0.15, -0.1) is 0 Å². The number of fused-ring (bicyclic) bond motifs is 5. The molecule has 0 spiro atoms. The van der Waals surface area contributed by atoms with Gasteiger partial charge in [0.1, 0.15) is 0 Å². The number of hydrogen-bond donors (Lipinski definition) is 0. The van der Waals surface area contributed by atoms with E-state index in [1.54, 1.807) is 0 Å². The van der Waals surface area contributed by atoms with Crippen molar-refractivity contribution in [2.45, 2.75) is 31.8 Å². The molecule has 2 bridgehead atoms. The predicted molar refractivity (Wildman–Crippen MR) is 52.4 cm³/mol. The fourth-order valence-electron chi connectivity index (χ4n) is 3.96. The van der Waals surface area contributed by atoms with E-state index >= 15 is 0 Å². The van der Waals surface area contributed by atoms with Crippen LogP contribution in [0, 0.1) is 23.7 Å². The van der Waals surface area contributed by atoms with Gasteiger partial charge in [0.25, 0.3) is 0 Å². The van der Waals surface area contributed by atoms with E-state index in [9.17, 15) is 0 Å². The van der Waals surface area contributed by atoms with Crippen LogP contribution in [0.5, 0.6) is 0 Å². The standard InChI is InChI=1S/C12H18O/c1-13-12-10-6-7-11(12)9-5-3-2-4-8(9)10/h6-12H,2-5H2,1H3/t8-,9+,10-,11+,12?. The fourth-order valence-corrected chi connectivity index (χ4v) is 3.96. The minimum absolute atomic E-state index is 0.535. The zero-order valence-electron chi connectivity index (χ0n) is 8.28. The first kappa shape index (κ1) is 8.05. The number of methoxy groups -OCH3 is 1. The smallest absolute Gasteiger partial charge is 0.0701 e. The Bertz CT molecular complexity index is 211. The van der Waals surface area contributed by atoms with Gasteiger partial charge in [-0.05, 0) is 24.7 Å². The first-order chi connectivity index (χ1) is 6.42. The van der Waals surface area contributed by atoms with E-state index < -0.39 is 0 Å². The largest absolute Gasteiger partial charge is 0.380 e. The van der Waals surface area contributed by atoms with Crippen molar-refractivity contribution < 1.29 is 4.74 Å². The summed E-state index contributed by atoms with van der Waals surface area (Å²) < 4.78 is 5.63. The SMILES string of the molecule is COC1[C@H]2C=C[C@@H]1[C@@H]1CCCC[C@@H]12. The molecule has 0 radical (unpaired) electrons. The molecule has 1 nitrogen and oxygen atoms in total. The molecule has 0 aliphatic heterocycles. The molecule has 2 saturated carbocycles. The molecule has 2 fully saturated rings. The van der Waals surface area contributed by atoms with Crippen LogP contribution in [-0.4, -0.2) is 13.2 Å². The van der Waals surface area contributed by atoms with Gasteiger partial charge in [0.15, 0.2) is 0 Å². The highest BCUT2D eigenvalue weighted by molar-refractivity contribution is 5.19. The molecule has 0 aromatic heterocycles. The third-order valence-electron chi connectivity index (χ3n) is 4.45. The quantitative estimate of drug-likeness (QED) is 0.561. The molecule has 0 aromatic rings. The van der Waals surface area contributed by atoms with Gasteiger partial charge in [0.05, 0.1) is 6.10 Å². The molecule has 3 aliphatic carbocycles. The average Bonchev–Trinajstić information content (AvgIpc) is 2.73. The van der Waals surface area contributed by atoms with Gasteiger partial charge in [-0.2, -0.15) is 0 Å². The monoisotopic (exact) mass is 178 g/mol. The van der Waals surface area contributed by atoms with Crippen molar-refractivity contribution in [1.29, 1.82) is 0 Å². The van der Waals surface area contributed by atoms with E-state index in [-0.39, 0.29) is 0 Å². The van der Waals surface area contributed by atoms with Crippen molar-refractivity contribution in [2.75, 3.05) is 7.11 Å². The first-order valence-electron chi connectivity index (χ1n) is 5.63. The second-order valence-electron chi connectivity index (χ2n) is 4.85. The van der Waals surface area contributed by atoms with Crippen LogP contribution in [0.15, 0.2) is 12.2 Å². The molecule has 3 aliphatic rings. The Morgan fingerprint density at radius 3 is 2.00 bits per heavy atom. The molecule has 1 heteroatoms. The topological polar surface area (TPSA) is 9.23 Å². The second kappa shape index (κ2) is 2.84. The minimum Gasteiger partial charge on any atom is -0.380 e. The number of hydrogen-bond acceptors (Lipinski definition) is 1. The van der Waals surface area contributed by atoms with Gasteiger partial charge in [0, 0.05) is 18.9 Å². The summed E-state index contributed by atoms with van der Waals surface area (Å²) in [5, 5.41) is 0. The van der Waals surface area contributed by atoms with Gasteiger partial charge >= 0.3 is 0 Å². The molecule has 5 atom stereocenters. The maximum Gasteiger partial charge on any atom is 0.0701 e. The van der Waals surface area contributed by atoms with Crippen LogP contribution >= 0.6 is 0 Å². The fraction of sp³-hybridized carbons (Fsp3) is 0.833. The van der Waals surface area contributed by atoms with Gasteiger partial charge in [-0.1, -0.05) is 25.0 Å². The van der Waals surface area contributed by atoms with E-state index in [4.69, 9.17) is 4.74 Å². The van der Waals surface area contributed by atoms with Crippen LogP contribution in [0.2, 0.25) is 0 Å². The Morgan fingerprint density at radius 1 is 1.00 bits per heavy atom. The molecule has 72 valence electrons. The van der Waals surface area contributed by atoms with Crippen LogP contribution < -0.4 is 0 Å². The molecular weight excluding hydrogens is 160 g/mol. The molecule has 0 saturated heterocycles. The summed E-state index contributed by atoms with van der Waals surface area (Å²) in [7, 11) is 1.88. The van der Waals surface area contributed by atoms with Crippen molar-refractivity contribution in [3.63, 3.8) is 0 Å². The Balaban J connectivity index is 1.89. The van der Waals surface area contributed by atoms with Crippen molar-refractivity contribution >= 4 is 0 Å². The van der Waals surface area contributed by atoms with E-state index in [0.717, 1.165) is 23.7 Å². The van der Waals surface area contributed by atoms with Crippen molar-refractivity contribution in [3.05, 3.63) is 12.2 Å². The van der Waals surface area contributed by atoms with Crippen LogP contribution in [0.25, 0.3) is 0 Å². The van der Waals surface area contributed by atoms with Gasteiger partial charge in [-0.3, -0.25) is 0 Å². The number of rotatable bonds is 1. The third kappa shape index (κ3) is 0.969. The lowest BCUT2D eigenvalue weighted by Crippen LogP contribution is -2.22. The lowest BCUT2D eigenvalue weighted by atomic mass is 9.73. The van der Waals surface area contributed by atoms with E-state index in [1.807, 2.05) is 7.11 Å². The summed E-state index contributed by atoms with van der Waals surface area (Å²) in [5.74, 6) is 3.46. The zero-order valence-corrected chi connectivity index (χ0v) is 8.28. The molecule has 13 heavy (non-hydrogen) atoms. The van der Waals surface area contributed by atoms with Crippen molar-refractivity contribution in [2.24, 2.45) is 23.7 Å². The first-order valence-corrected chi connectivity index (χ1v) is 5.63. The highest BCUT2D eigenvalue weighted by atomic mass is 16.5. The molecule has 1 unspecified atom stereocenters. The molecular formula is C12H18O. The molecule has 0 aromatic carbocycles. The maximum absolute atomic E-state index is 5.63. The van der Waals surface area contributed by atoms with E-state index in [2.05, 4.69) is 12.2 Å². The van der Waals surface area contributed by atoms with Crippen molar-refractivity contribution in [1.82, 2.24) is 0 Å². The molecule has 0 heterocycles. The minimum atomic E-state index is 0.535. The molecule has 0 amide bonds. The normalized spacial score (nSPS) is 52.5. The second-order valence-corrected chi connectivity index (χ2v) is 4.85. The van der Waals surface area contributed by atoms with Crippen LogP contribution in [-0.2, 0) is 4.74 Å². The predicted octanol–water partition coefficient (Wildman–Crippen LogP) is 2.62. The highest BCUT2D eigenvalue weighted by Gasteiger charge is 2.51. The number of ether oxygens (including phenoxy) is 1. The highest BCUT2D eigenvalue weighted by Crippen LogP contribution is 2.54. The van der Waals surface area contributed by atoms with Gasteiger partial charge in [0.2, 0.25) is 0 Å². The average molecular weight is 178 g/mol. The summed E-state index contributed by atoms with van der Waals surface area (Å²) in [6, 6.07) is 0. The van der Waals surface area contributed by atoms with Gasteiger partial charge < -0.3 is 4.74 Å². The Morgan fingerprint density at radius 2 is 1.54 bits per heavy atom. The molecule has 0 N–H and O–H groups in total. The Kier molecular flexibility index (Phi) is 1.76. The summed E-state index contributed by atoms with van der Waals surface area (Å²) in [6.07, 6.45) is 11.2. The van der Waals surface area contributed by atoms with E-state index in [0.29, 0.717) is 6.10 Å².